The summed E-state index contributed by atoms with van der Waals surface area (Å²) in [7, 11) is 0. The van der Waals surface area contributed by atoms with E-state index in [1.807, 2.05) is 42.5 Å². The van der Waals surface area contributed by atoms with Crippen LogP contribution in [0.3, 0.4) is 0 Å². The number of aromatic nitrogens is 5. The van der Waals surface area contributed by atoms with Gasteiger partial charge in [0.25, 0.3) is 0 Å². The first-order valence-corrected chi connectivity index (χ1v) is 9.11. The molecule has 3 aromatic heterocycles. The Bertz CT molecular complexity index is 1230. The number of hydrogen-bond donors (Lipinski definition) is 2. The first kappa shape index (κ1) is 15.2. The third-order valence-corrected chi connectivity index (χ3v) is 5.25. The third kappa shape index (κ3) is 2.58. The topological polar surface area (TPSA) is 79.4 Å². The SMILES string of the molecule is Clc1cccc(Nc2nc3cc(-c4nn[nH]n4)ccc3c3ccsc23)c1. The van der Waals surface area contributed by atoms with E-state index >= 15 is 0 Å². The summed E-state index contributed by atoms with van der Waals surface area (Å²) in [6.45, 7) is 0. The van der Waals surface area contributed by atoms with Crippen LogP contribution in [0.4, 0.5) is 11.5 Å². The van der Waals surface area contributed by atoms with Gasteiger partial charge in [-0.25, -0.2) is 4.98 Å². The van der Waals surface area contributed by atoms with E-state index in [1.54, 1.807) is 11.3 Å². The van der Waals surface area contributed by atoms with E-state index in [9.17, 15) is 0 Å². The number of nitrogens with one attached hydrogen (secondary N) is 2. The minimum absolute atomic E-state index is 0.545. The summed E-state index contributed by atoms with van der Waals surface area (Å²) < 4.78 is 1.10. The molecule has 0 aliphatic heterocycles. The highest BCUT2D eigenvalue weighted by molar-refractivity contribution is 7.18. The first-order valence-electron chi connectivity index (χ1n) is 7.85. The van der Waals surface area contributed by atoms with Crippen molar-refractivity contribution in [3.8, 4) is 11.4 Å². The van der Waals surface area contributed by atoms with E-state index in [0.717, 1.165) is 38.1 Å². The lowest BCUT2D eigenvalue weighted by Gasteiger charge is -2.10. The van der Waals surface area contributed by atoms with Gasteiger partial charge in [-0.05, 0) is 40.9 Å². The van der Waals surface area contributed by atoms with Crippen LogP contribution in [-0.4, -0.2) is 25.6 Å². The number of halogens is 1. The molecule has 2 N–H and O–H groups in total. The summed E-state index contributed by atoms with van der Waals surface area (Å²) in [6.07, 6.45) is 0. The lowest BCUT2D eigenvalue weighted by Crippen LogP contribution is -1.95. The molecule has 6 nitrogen and oxygen atoms in total. The zero-order valence-electron chi connectivity index (χ0n) is 13.3. The molecule has 0 spiro atoms. The molecule has 8 heteroatoms. The van der Waals surface area contributed by atoms with Gasteiger partial charge in [0.2, 0.25) is 5.82 Å². The molecule has 0 aliphatic carbocycles. The van der Waals surface area contributed by atoms with Gasteiger partial charge >= 0.3 is 0 Å². The van der Waals surface area contributed by atoms with Crippen molar-refractivity contribution in [2.45, 2.75) is 0 Å². The molecule has 0 unspecified atom stereocenters. The van der Waals surface area contributed by atoms with Crippen LogP contribution < -0.4 is 5.32 Å². The molecular weight excluding hydrogens is 368 g/mol. The Hall–Kier alpha value is -3.03. The van der Waals surface area contributed by atoms with E-state index < -0.39 is 0 Å². The van der Waals surface area contributed by atoms with Gasteiger partial charge in [-0.1, -0.05) is 29.8 Å². The average molecular weight is 379 g/mol. The number of nitrogens with zero attached hydrogens (tertiary/aromatic N) is 4. The van der Waals surface area contributed by atoms with Crippen LogP contribution >= 0.6 is 22.9 Å². The second kappa shape index (κ2) is 6.05. The van der Waals surface area contributed by atoms with Crippen molar-refractivity contribution < 1.29 is 0 Å². The third-order valence-electron chi connectivity index (χ3n) is 4.09. The monoisotopic (exact) mass is 378 g/mol. The van der Waals surface area contributed by atoms with Crippen LogP contribution in [0.1, 0.15) is 0 Å². The molecule has 0 bridgehead atoms. The van der Waals surface area contributed by atoms with E-state index in [1.165, 1.54) is 0 Å². The first-order chi connectivity index (χ1) is 12.8. The van der Waals surface area contributed by atoms with Crippen molar-refractivity contribution >= 4 is 55.4 Å². The predicted octanol–water partition coefficient (Wildman–Crippen LogP) is 5.03. The predicted molar refractivity (Wildman–Crippen MR) is 105 cm³/mol. The summed E-state index contributed by atoms with van der Waals surface area (Å²) >= 11 is 7.76. The standard InChI is InChI=1S/C18H11ClN6S/c19-11-2-1-3-12(9-11)20-18-16-14(6-7-26-16)13-5-4-10(8-15(13)21-18)17-22-24-25-23-17/h1-9H,(H,20,21)(H,22,23,24,25). The number of H-pyrrole nitrogens is 1. The second-order valence-electron chi connectivity index (χ2n) is 5.73. The minimum atomic E-state index is 0.545. The number of hydrogen-bond acceptors (Lipinski definition) is 6. The highest BCUT2D eigenvalue weighted by Gasteiger charge is 2.12. The molecule has 0 saturated carbocycles. The summed E-state index contributed by atoms with van der Waals surface area (Å²) in [5, 5.41) is 22.6. The lowest BCUT2D eigenvalue weighted by atomic mass is 10.1. The number of aromatic amines is 1. The van der Waals surface area contributed by atoms with E-state index in [4.69, 9.17) is 16.6 Å². The van der Waals surface area contributed by atoms with Gasteiger partial charge in [-0.15, -0.1) is 21.5 Å². The van der Waals surface area contributed by atoms with E-state index in [2.05, 4.69) is 37.4 Å². The number of benzene rings is 2. The molecule has 0 fully saturated rings. The van der Waals surface area contributed by atoms with Crippen LogP contribution in [0.5, 0.6) is 0 Å². The average Bonchev–Trinajstić information content (AvgIpc) is 3.33. The number of anilines is 2. The Balaban J connectivity index is 1.69. The molecule has 0 aliphatic rings. The van der Waals surface area contributed by atoms with Crippen molar-refractivity contribution in [1.82, 2.24) is 25.6 Å². The van der Waals surface area contributed by atoms with Gasteiger partial charge in [0.1, 0.15) is 5.82 Å². The van der Waals surface area contributed by atoms with Gasteiger partial charge < -0.3 is 5.32 Å². The molecule has 126 valence electrons. The molecule has 5 rings (SSSR count). The molecule has 0 radical (unpaired) electrons. The summed E-state index contributed by atoms with van der Waals surface area (Å²) in [5.41, 5.74) is 2.62. The Morgan fingerprint density at radius 3 is 2.85 bits per heavy atom. The van der Waals surface area contributed by atoms with Crippen molar-refractivity contribution in [3.63, 3.8) is 0 Å². The lowest BCUT2D eigenvalue weighted by molar-refractivity contribution is 0.881. The fraction of sp³-hybridized carbons (Fsp3) is 0. The molecule has 0 atom stereocenters. The zero-order chi connectivity index (χ0) is 17.5. The summed E-state index contributed by atoms with van der Waals surface area (Å²) in [4.78, 5) is 4.84. The molecule has 5 aromatic rings. The Morgan fingerprint density at radius 1 is 1.04 bits per heavy atom. The summed E-state index contributed by atoms with van der Waals surface area (Å²) in [6, 6.07) is 15.7. The van der Waals surface area contributed by atoms with Crippen molar-refractivity contribution in [2.24, 2.45) is 0 Å². The van der Waals surface area contributed by atoms with Crippen LogP contribution in [0.25, 0.3) is 32.4 Å². The Morgan fingerprint density at radius 2 is 2.00 bits per heavy atom. The second-order valence-corrected chi connectivity index (χ2v) is 7.08. The number of rotatable bonds is 3. The van der Waals surface area contributed by atoms with Gasteiger partial charge in [0, 0.05) is 27.0 Å². The zero-order valence-corrected chi connectivity index (χ0v) is 14.8. The van der Waals surface area contributed by atoms with Crippen LogP contribution in [-0.2, 0) is 0 Å². The molecule has 2 aromatic carbocycles. The van der Waals surface area contributed by atoms with Gasteiger partial charge in [-0.2, -0.15) is 5.21 Å². The van der Waals surface area contributed by atoms with Crippen molar-refractivity contribution in [3.05, 3.63) is 58.9 Å². The largest absolute Gasteiger partial charge is 0.339 e. The van der Waals surface area contributed by atoms with E-state index in [-0.39, 0.29) is 0 Å². The number of fused-ring (bicyclic) bond motifs is 3. The normalized spacial score (nSPS) is 11.3. The highest BCUT2D eigenvalue weighted by atomic mass is 35.5. The van der Waals surface area contributed by atoms with Crippen molar-refractivity contribution in [1.29, 1.82) is 0 Å². The fourth-order valence-corrected chi connectivity index (χ4v) is 3.98. The number of thiophene rings is 1. The van der Waals surface area contributed by atoms with Gasteiger partial charge in [0.15, 0.2) is 0 Å². The molecule has 3 heterocycles. The van der Waals surface area contributed by atoms with Crippen LogP contribution in [0.2, 0.25) is 5.02 Å². The quantitative estimate of drug-likeness (QED) is 0.460. The maximum absolute atomic E-state index is 6.10. The summed E-state index contributed by atoms with van der Waals surface area (Å²) in [5.74, 6) is 1.35. The molecular formula is C18H11ClN6S. The highest BCUT2D eigenvalue weighted by Crippen LogP contribution is 2.36. The maximum atomic E-state index is 6.10. The number of pyridine rings is 1. The van der Waals surface area contributed by atoms with Crippen LogP contribution in [0.15, 0.2) is 53.9 Å². The van der Waals surface area contributed by atoms with Gasteiger partial charge in [-0.3, -0.25) is 0 Å². The van der Waals surface area contributed by atoms with Crippen LogP contribution in [0, 0.1) is 0 Å². The minimum Gasteiger partial charge on any atom is -0.339 e. The Kier molecular flexibility index (Phi) is 3.55. The molecule has 0 amide bonds. The van der Waals surface area contributed by atoms with Gasteiger partial charge in [0.05, 0.1) is 10.2 Å². The Labute approximate surface area is 156 Å². The fourth-order valence-electron chi connectivity index (χ4n) is 2.94. The molecule has 26 heavy (non-hydrogen) atoms. The van der Waals surface area contributed by atoms with E-state index in [0.29, 0.717) is 10.8 Å². The smallest absolute Gasteiger partial charge is 0.204 e. The molecule has 0 saturated heterocycles. The number of tetrazole rings is 1. The maximum Gasteiger partial charge on any atom is 0.204 e. The van der Waals surface area contributed by atoms with Crippen molar-refractivity contribution in [2.75, 3.05) is 5.32 Å².